The molecule has 1 heterocycles. The molecule has 104 valence electrons. The summed E-state index contributed by atoms with van der Waals surface area (Å²) in [7, 11) is 0. The van der Waals surface area contributed by atoms with Gasteiger partial charge in [-0.05, 0) is 36.8 Å². The average molecular weight is 274 g/mol. The Morgan fingerprint density at radius 3 is 2.85 bits per heavy atom. The van der Waals surface area contributed by atoms with Crippen LogP contribution in [0.4, 0.5) is 10.2 Å². The number of carbonyl (C=O) groups is 1. The highest BCUT2D eigenvalue weighted by molar-refractivity contribution is 5.98. The van der Waals surface area contributed by atoms with Crippen LogP contribution in [0.5, 0.6) is 0 Å². The summed E-state index contributed by atoms with van der Waals surface area (Å²) in [4.78, 5) is 16.1. The minimum absolute atomic E-state index is 0.288. The third-order valence-electron chi connectivity index (χ3n) is 2.89. The van der Waals surface area contributed by atoms with Gasteiger partial charge in [-0.3, -0.25) is 4.79 Å². The van der Waals surface area contributed by atoms with Crippen molar-refractivity contribution in [1.29, 1.82) is 0 Å². The van der Waals surface area contributed by atoms with E-state index < -0.39 is 0 Å². The zero-order valence-corrected chi connectivity index (χ0v) is 10.9. The third kappa shape index (κ3) is 3.10. The number of halogens is 1. The van der Waals surface area contributed by atoms with Crippen LogP contribution in [0.2, 0.25) is 0 Å². The first-order valence-corrected chi connectivity index (χ1v) is 6.09. The topological polar surface area (TPSA) is 80.0 Å². The summed E-state index contributed by atoms with van der Waals surface area (Å²) < 4.78 is 13.2. The Morgan fingerprint density at radius 1 is 1.35 bits per heavy atom. The highest BCUT2D eigenvalue weighted by Crippen LogP contribution is 2.16. The van der Waals surface area contributed by atoms with Crippen LogP contribution in [-0.4, -0.2) is 10.9 Å². The van der Waals surface area contributed by atoms with Gasteiger partial charge in [0.05, 0.1) is 11.6 Å². The molecule has 2 rings (SSSR count). The number of nitrogens with two attached hydrogens (primary N) is 1. The van der Waals surface area contributed by atoms with Crippen LogP contribution < -0.4 is 16.6 Å². The van der Waals surface area contributed by atoms with E-state index in [0.29, 0.717) is 11.1 Å². The maximum atomic E-state index is 13.2. The van der Waals surface area contributed by atoms with Crippen LogP contribution in [0, 0.1) is 5.82 Å². The number of pyridine rings is 1. The summed E-state index contributed by atoms with van der Waals surface area (Å²) in [5.74, 6) is 4.93. The van der Waals surface area contributed by atoms with E-state index in [0.717, 1.165) is 0 Å². The van der Waals surface area contributed by atoms with Crippen molar-refractivity contribution in [2.45, 2.75) is 13.0 Å². The fraction of sp³-hybridized carbons (Fsp3) is 0.143. The molecule has 0 aliphatic rings. The molecular formula is C14H15FN4O. The standard InChI is InChI=1S/C14H15FN4O/c1-9(10-4-2-5-11(15)8-10)18-14(20)12-6-3-7-17-13(12)19-16/h2-9H,16H2,1H3,(H,17,19)(H,18,20). The number of hydrogen-bond acceptors (Lipinski definition) is 4. The first-order chi connectivity index (χ1) is 9.61. The number of aromatic nitrogens is 1. The molecule has 0 fully saturated rings. The van der Waals surface area contributed by atoms with E-state index in [9.17, 15) is 9.18 Å². The second-order valence-corrected chi connectivity index (χ2v) is 4.29. The number of hydrazine groups is 1. The Bertz CT molecular complexity index is 618. The highest BCUT2D eigenvalue weighted by atomic mass is 19.1. The minimum Gasteiger partial charge on any atom is -0.345 e. The number of nitrogens with one attached hydrogen (secondary N) is 2. The summed E-state index contributed by atoms with van der Waals surface area (Å²) >= 11 is 0. The molecule has 0 radical (unpaired) electrons. The number of carbonyl (C=O) groups excluding carboxylic acids is 1. The Labute approximate surface area is 116 Å². The van der Waals surface area contributed by atoms with Gasteiger partial charge in [0.2, 0.25) is 0 Å². The lowest BCUT2D eigenvalue weighted by Gasteiger charge is -2.15. The van der Waals surface area contributed by atoms with Gasteiger partial charge in [-0.25, -0.2) is 15.2 Å². The molecule has 4 N–H and O–H groups in total. The Hall–Kier alpha value is -2.47. The number of benzene rings is 1. The number of nitrogens with zero attached hydrogens (tertiary/aromatic N) is 1. The van der Waals surface area contributed by atoms with Gasteiger partial charge in [-0.2, -0.15) is 0 Å². The summed E-state index contributed by atoms with van der Waals surface area (Å²) in [6.07, 6.45) is 1.53. The SMILES string of the molecule is CC(NC(=O)c1cccnc1NN)c1cccc(F)c1. The number of rotatable bonds is 4. The molecule has 2 aromatic rings. The fourth-order valence-corrected chi connectivity index (χ4v) is 1.84. The Morgan fingerprint density at radius 2 is 2.15 bits per heavy atom. The van der Waals surface area contributed by atoms with Crippen LogP contribution in [0.15, 0.2) is 42.6 Å². The van der Waals surface area contributed by atoms with Gasteiger partial charge in [-0.1, -0.05) is 12.1 Å². The largest absolute Gasteiger partial charge is 0.345 e. The van der Waals surface area contributed by atoms with Gasteiger partial charge >= 0.3 is 0 Å². The van der Waals surface area contributed by atoms with Crippen LogP contribution in [-0.2, 0) is 0 Å². The molecule has 1 atom stereocenters. The summed E-state index contributed by atoms with van der Waals surface area (Å²) in [6.45, 7) is 1.78. The van der Waals surface area contributed by atoms with Crippen LogP contribution in [0.1, 0.15) is 28.9 Å². The van der Waals surface area contributed by atoms with Gasteiger partial charge in [0, 0.05) is 6.20 Å². The van der Waals surface area contributed by atoms with Crippen molar-refractivity contribution in [1.82, 2.24) is 10.3 Å². The van der Waals surface area contributed by atoms with E-state index in [1.807, 2.05) is 0 Å². The number of amides is 1. The van der Waals surface area contributed by atoms with Crippen LogP contribution in [0.25, 0.3) is 0 Å². The van der Waals surface area contributed by atoms with E-state index in [2.05, 4.69) is 15.7 Å². The molecular weight excluding hydrogens is 259 g/mol. The molecule has 0 aliphatic heterocycles. The predicted molar refractivity (Wildman–Crippen MR) is 74.3 cm³/mol. The summed E-state index contributed by atoms with van der Waals surface area (Å²) in [6, 6.07) is 9.01. The predicted octanol–water partition coefficient (Wildman–Crippen LogP) is 2.00. The first kappa shape index (κ1) is 14.0. The highest BCUT2D eigenvalue weighted by Gasteiger charge is 2.15. The molecule has 0 spiro atoms. The molecule has 1 aromatic carbocycles. The van der Waals surface area contributed by atoms with E-state index in [4.69, 9.17) is 5.84 Å². The van der Waals surface area contributed by atoms with Crippen LogP contribution >= 0.6 is 0 Å². The lowest BCUT2D eigenvalue weighted by molar-refractivity contribution is 0.0940. The molecule has 0 saturated heterocycles. The molecule has 20 heavy (non-hydrogen) atoms. The number of anilines is 1. The van der Waals surface area contributed by atoms with Crippen molar-refractivity contribution in [3.05, 3.63) is 59.5 Å². The average Bonchev–Trinajstić information content (AvgIpc) is 2.47. The normalized spacial score (nSPS) is 11.8. The van der Waals surface area contributed by atoms with Gasteiger partial charge in [-0.15, -0.1) is 0 Å². The molecule has 0 aliphatic carbocycles. The molecule has 5 nitrogen and oxygen atoms in total. The monoisotopic (exact) mass is 274 g/mol. The molecule has 1 amide bonds. The second kappa shape index (κ2) is 6.12. The van der Waals surface area contributed by atoms with E-state index in [1.165, 1.54) is 18.3 Å². The maximum absolute atomic E-state index is 13.2. The molecule has 0 saturated carbocycles. The van der Waals surface area contributed by atoms with E-state index in [1.54, 1.807) is 31.2 Å². The lowest BCUT2D eigenvalue weighted by atomic mass is 10.1. The zero-order valence-electron chi connectivity index (χ0n) is 10.9. The summed E-state index contributed by atoms with van der Waals surface area (Å²) in [5, 5.41) is 2.77. The smallest absolute Gasteiger partial charge is 0.255 e. The van der Waals surface area contributed by atoms with Crippen molar-refractivity contribution in [2.75, 3.05) is 5.43 Å². The second-order valence-electron chi connectivity index (χ2n) is 4.29. The molecule has 0 bridgehead atoms. The van der Waals surface area contributed by atoms with Crippen molar-refractivity contribution in [2.24, 2.45) is 5.84 Å². The van der Waals surface area contributed by atoms with E-state index >= 15 is 0 Å². The lowest BCUT2D eigenvalue weighted by Crippen LogP contribution is -2.28. The van der Waals surface area contributed by atoms with Gasteiger partial charge in [0.1, 0.15) is 5.82 Å². The quantitative estimate of drug-likeness (QED) is 0.588. The first-order valence-electron chi connectivity index (χ1n) is 6.09. The van der Waals surface area contributed by atoms with Crippen molar-refractivity contribution >= 4 is 11.7 Å². The van der Waals surface area contributed by atoms with Gasteiger partial charge in [0.15, 0.2) is 5.82 Å². The maximum Gasteiger partial charge on any atom is 0.255 e. The Balaban J connectivity index is 2.15. The fourth-order valence-electron chi connectivity index (χ4n) is 1.84. The van der Waals surface area contributed by atoms with Crippen LogP contribution in [0.3, 0.4) is 0 Å². The third-order valence-corrected chi connectivity index (χ3v) is 2.89. The van der Waals surface area contributed by atoms with Crippen molar-refractivity contribution in [3.63, 3.8) is 0 Å². The van der Waals surface area contributed by atoms with Gasteiger partial charge in [0.25, 0.3) is 5.91 Å². The molecule has 6 heteroatoms. The summed E-state index contributed by atoms with van der Waals surface area (Å²) in [5.41, 5.74) is 3.38. The Kier molecular flexibility index (Phi) is 4.27. The number of hydrogen-bond donors (Lipinski definition) is 3. The zero-order chi connectivity index (χ0) is 14.5. The minimum atomic E-state index is -0.339. The molecule has 1 aromatic heterocycles. The van der Waals surface area contributed by atoms with Gasteiger partial charge < -0.3 is 10.7 Å². The van der Waals surface area contributed by atoms with E-state index in [-0.39, 0.29) is 23.6 Å². The molecule has 1 unspecified atom stereocenters. The number of nitrogen functional groups attached to an aromatic ring is 1. The van der Waals surface area contributed by atoms with Crippen molar-refractivity contribution < 1.29 is 9.18 Å². The van der Waals surface area contributed by atoms with Crippen molar-refractivity contribution in [3.8, 4) is 0 Å².